The van der Waals surface area contributed by atoms with E-state index in [1.54, 1.807) is 52.0 Å². The van der Waals surface area contributed by atoms with Gasteiger partial charge in [0.25, 0.3) is 0 Å². The largest absolute Gasteiger partial charge is 0.292 e. The lowest BCUT2D eigenvalue weighted by molar-refractivity contribution is 0.0947. The molecule has 0 fully saturated rings. The van der Waals surface area contributed by atoms with Crippen molar-refractivity contribution in [1.82, 2.24) is 0 Å². The van der Waals surface area contributed by atoms with Crippen molar-refractivity contribution in [2.75, 3.05) is 0 Å². The van der Waals surface area contributed by atoms with Crippen LogP contribution in [0, 0.1) is 0 Å². The van der Waals surface area contributed by atoms with Crippen LogP contribution in [0.25, 0.3) is 0 Å². The van der Waals surface area contributed by atoms with Gasteiger partial charge in [-0.05, 0) is 38.8 Å². The zero-order valence-electron chi connectivity index (χ0n) is 15.4. The van der Waals surface area contributed by atoms with Crippen LogP contribution in [0.4, 0.5) is 0 Å². The summed E-state index contributed by atoms with van der Waals surface area (Å²) in [5.74, 6) is -0.256. The Bertz CT molecular complexity index is 772. The van der Waals surface area contributed by atoms with Crippen molar-refractivity contribution in [3.05, 3.63) is 70.8 Å². The molecule has 6 heteroatoms. The molecule has 0 atom stereocenters. The summed E-state index contributed by atoms with van der Waals surface area (Å²) in [6, 6.07) is 14.5. The maximum atomic E-state index is 12.3. The zero-order chi connectivity index (χ0) is 20.6. The van der Waals surface area contributed by atoms with Gasteiger partial charge in [0.1, 0.15) is 13.0 Å². The number of carbonyl (C=O) groups is 2. The fourth-order valence-corrected chi connectivity index (χ4v) is 3.79. The predicted molar refractivity (Wildman–Crippen MR) is 120 cm³/mol. The summed E-state index contributed by atoms with van der Waals surface area (Å²) >= 11 is 19.6. The smallest absolute Gasteiger partial charge is 0.183 e. The molecule has 0 bridgehead atoms. The third-order valence-corrected chi connectivity index (χ3v) is 6.27. The van der Waals surface area contributed by atoms with Gasteiger partial charge in [0.15, 0.2) is 11.6 Å². The van der Waals surface area contributed by atoms with Crippen LogP contribution in [0.2, 0.25) is 0 Å². The SMILES string of the molecule is CC(C)(Cl)C(=O)c1ccc(C(Br)(Br)c2ccc(C(=O)C(C)(C)Cl)cc2)cc1. The minimum atomic E-state index is -0.944. The van der Waals surface area contributed by atoms with Gasteiger partial charge in [-0.2, -0.15) is 0 Å². The molecule has 2 aromatic rings. The molecule has 0 spiro atoms. The topological polar surface area (TPSA) is 34.1 Å². The Morgan fingerprint density at radius 3 is 1.15 bits per heavy atom. The number of benzene rings is 2. The third kappa shape index (κ3) is 5.23. The first-order valence-electron chi connectivity index (χ1n) is 8.31. The van der Waals surface area contributed by atoms with Gasteiger partial charge in [0.05, 0.1) is 0 Å². The first kappa shape index (κ1) is 22.6. The standard InChI is InChI=1S/C21H20Br2Cl2O2/c1-19(2,24)17(26)13-5-9-15(10-6-13)21(22,23)16-11-7-14(8-12-16)18(27)20(3,4)25/h5-12H,1-4H3. The lowest BCUT2D eigenvalue weighted by atomic mass is 9.95. The van der Waals surface area contributed by atoms with Gasteiger partial charge in [-0.25, -0.2) is 0 Å². The van der Waals surface area contributed by atoms with Gasteiger partial charge < -0.3 is 0 Å². The van der Waals surface area contributed by atoms with E-state index >= 15 is 0 Å². The van der Waals surface area contributed by atoms with Crippen molar-refractivity contribution in [1.29, 1.82) is 0 Å². The number of rotatable bonds is 6. The normalized spacial score (nSPS) is 12.7. The van der Waals surface area contributed by atoms with E-state index in [0.717, 1.165) is 11.1 Å². The quantitative estimate of drug-likeness (QED) is 0.293. The van der Waals surface area contributed by atoms with Gasteiger partial charge in [0, 0.05) is 11.1 Å². The summed E-state index contributed by atoms with van der Waals surface area (Å²) in [6.07, 6.45) is 0. The highest BCUT2D eigenvalue weighted by atomic mass is 79.9. The summed E-state index contributed by atoms with van der Waals surface area (Å²) in [7, 11) is 0. The molecule has 0 unspecified atom stereocenters. The highest BCUT2D eigenvalue weighted by Gasteiger charge is 2.31. The van der Waals surface area contributed by atoms with E-state index in [-0.39, 0.29) is 11.6 Å². The molecule has 2 rings (SSSR count). The van der Waals surface area contributed by atoms with Gasteiger partial charge in [-0.15, -0.1) is 23.2 Å². The Morgan fingerprint density at radius 2 is 0.926 bits per heavy atom. The van der Waals surface area contributed by atoms with Crippen LogP contribution in [-0.2, 0) is 3.23 Å². The molecular formula is C21H20Br2Cl2O2. The third-order valence-electron chi connectivity index (χ3n) is 4.10. The Balaban J connectivity index is 2.30. The van der Waals surface area contributed by atoms with E-state index in [1.807, 2.05) is 24.3 Å². The van der Waals surface area contributed by atoms with Crippen LogP contribution in [0.15, 0.2) is 48.5 Å². The van der Waals surface area contributed by atoms with Crippen molar-refractivity contribution >= 4 is 66.6 Å². The average Bonchev–Trinajstić information content (AvgIpc) is 2.59. The second kappa shape index (κ2) is 7.98. The molecule has 0 heterocycles. The van der Waals surface area contributed by atoms with Crippen LogP contribution in [0.1, 0.15) is 59.5 Å². The van der Waals surface area contributed by atoms with E-state index in [2.05, 4.69) is 31.9 Å². The van der Waals surface area contributed by atoms with Gasteiger partial charge >= 0.3 is 0 Å². The molecule has 0 aliphatic heterocycles. The number of hydrogen-bond acceptors (Lipinski definition) is 2. The molecular weight excluding hydrogens is 515 g/mol. The summed E-state index contributed by atoms with van der Waals surface area (Å²) in [5, 5.41) is 0. The minimum Gasteiger partial charge on any atom is -0.292 e. The summed E-state index contributed by atoms with van der Waals surface area (Å²) in [5.41, 5.74) is 2.92. The van der Waals surface area contributed by atoms with Gasteiger partial charge in [-0.3, -0.25) is 9.59 Å². The molecule has 2 aromatic carbocycles. The molecule has 0 amide bonds. The fourth-order valence-electron chi connectivity index (χ4n) is 2.51. The summed E-state index contributed by atoms with van der Waals surface area (Å²) in [6.45, 7) is 6.70. The van der Waals surface area contributed by atoms with Crippen LogP contribution in [0.5, 0.6) is 0 Å². The van der Waals surface area contributed by atoms with Crippen molar-refractivity contribution in [3.63, 3.8) is 0 Å². The number of carbonyl (C=O) groups excluding carboxylic acids is 2. The van der Waals surface area contributed by atoms with E-state index < -0.39 is 13.0 Å². The molecule has 0 saturated heterocycles. The van der Waals surface area contributed by atoms with E-state index in [0.29, 0.717) is 11.1 Å². The Hall–Kier alpha value is -0.680. The first-order valence-corrected chi connectivity index (χ1v) is 10.6. The second-order valence-electron chi connectivity index (χ2n) is 7.33. The number of ketones is 2. The van der Waals surface area contributed by atoms with E-state index in [9.17, 15) is 9.59 Å². The number of Topliss-reactive ketones (excluding diaryl/α,β-unsaturated/α-hetero) is 2. The van der Waals surface area contributed by atoms with Crippen LogP contribution < -0.4 is 0 Å². The van der Waals surface area contributed by atoms with Crippen molar-refractivity contribution in [2.24, 2.45) is 0 Å². The highest BCUT2D eigenvalue weighted by molar-refractivity contribution is 9.25. The number of hydrogen-bond donors (Lipinski definition) is 0. The first-order chi connectivity index (χ1) is 12.2. The molecule has 0 aliphatic rings. The summed E-state index contributed by atoms with van der Waals surface area (Å²) in [4.78, 5) is 22.7. The molecule has 0 N–H and O–H groups in total. The van der Waals surface area contributed by atoms with E-state index in [4.69, 9.17) is 23.2 Å². The lowest BCUT2D eigenvalue weighted by Crippen LogP contribution is -2.25. The zero-order valence-corrected chi connectivity index (χ0v) is 20.1. The van der Waals surface area contributed by atoms with Gasteiger partial charge in [0.2, 0.25) is 0 Å². The number of halogens is 4. The molecule has 0 radical (unpaired) electrons. The molecule has 0 saturated carbocycles. The van der Waals surface area contributed by atoms with Crippen molar-refractivity contribution < 1.29 is 9.59 Å². The molecule has 0 aliphatic carbocycles. The molecule has 144 valence electrons. The van der Waals surface area contributed by atoms with Crippen molar-refractivity contribution in [3.8, 4) is 0 Å². The Labute approximate surface area is 186 Å². The molecule has 0 aromatic heterocycles. The van der Waals surface area contributed by atoms with Crippen LogP contribution >= 0.6 is 55.1 Å². The maximum Gasteiger partial charge on any atom is 0.183 e. The van der Waals surface area contributed by atoms with Gasteiger partial charge in [-0.1, -0.05) is 80.4 Å². The van der Waals surface area contributed by atoms with Crippen LogP contribution in [0.3, 0.4) is 0 Å². The summed E-state index contributed by atoms with van der Waals surface area (Å²) < 4.78 is -0.657. The van der Waals surface area contributed by atoms with Crippen molar-refractivity contribution in [2.45, 2.75) is 40.7 Å². The van der Waals surface area contributed by atoms with E-state index in [1.165, 1.54) is 0 Å². The maximum absolute atomic E-state index is 12.3. The molecule has 2 nitrogen and oxygen atoms in total. The minimum absolute atomic E-state index is 0.128. The highest BCUT2D eigenvalue weighted by Crippen LogP contribution is 2.44. The van der Waals surface area contributed by atoms with Crippen LogP contribution in [-0.4, -0.2) is 21.3 Å². The fraction of sp³-hybridized carbons (Fsp3) is 0.333. The average molecular weight is 535 g/mol. The Kier molecular flexibility index (Phi) is 6.68. The molecule has 27 heavy (non-hydrogen) atoms. The second-order valence-corrected chi connectivity index (χ2v) is 12.7. The predicted octanol–water partition coefficient (Wildman–Crippen LogP) is 7.08. The monoisotopic (exact) mass is 532 g/mol. The lowest BCUT2D eigenvalue weighted by Gasteiger charge is -2.23. The Morgan fingerprint density at radius 1 is 0.667 bits per heavy atom. The number of alkyl halides is 4.